The topological polar surface area (TPSA) is 52.6 Å². The number of hydrogen-bond acceptors (Lipinski definition) is 3. The number of benzene rings is 1. The van der Waals surface area contributed by atoms with Crippen molar-refractivity contribution < 1.29 is 9.59 Å². The minimum atomic E-state index is -0.0868. The molecule has 2 rings (SSSR count). The minimum Gasteiger partial charge on any atom is -0.336 e. The summed E-state index contributed by atoms with van der Waals surface area (Å²) in [5.41, 5.74) is 0.981. The Labute approximate surface area is 165 Å². The molecule has 0 aliphatic carbocycles. The maximum Gasteiger partial charge on any atom is 0.317 e. The van der Waals surface area contributed by atoms with Crippen LogP contribution in [0.4, 0.5) is 4.79 Å². The minimum absolute atomic E-state index is 0.0294. The van der Waals surface area contributed by atoms with Gasteiger partial charge < -0.3 is 15.1 Å². The predicted molar refractivity (Wildman–Crippen MR) is 108 cm³/mol. The molecule has 1 aliphatic rings. The normalized spacial score (nSPS) is 19.9. The standard InChI is InChI=1S/C19H28ClN3O2S/c1-5-16-17(24)23(12-8-11-22(4)19(25)21-13(2)3)18(26-16)14-9-6-7-10-15(14)20/h6-7,9-10,13,16,18H,5,8,11-12H2,1-4H3,(H,21,25)/t16-,18-/m0/s1. The molecule has 1 fully saturated rings. The van der Waals surface area contributed by atoms with Crippen molar-refractivity contribution in [2.75, 3.05) is 20.1 Å². The van der Waals surface area contributed by atoms with Gasteiger partial charge in [-0.25, -0.2) is 4.79 Å². The van der Waals surface area contributed by atoms with Crippen LogP contribution >= 0.6 is 23.4 Å². The quantitative estimate of drug-likeness (QED) is 0.752. The first-order valence-corrected chi connectivity index (χ1v) is 10.4. The van der Waals surface area contributed by atoms with E-state index in [0.29, 0.717) is 18.1 Å². The molecule has 1 aliphatic heterocycles. The van der Waals surface area contributed by atoms with Crippen LogP contribution in [0.15, 0.2) is 24.3 Å². The molecule has 0 radical (unpaired) electrons. The van der Waals surface area contributed by atoms with Crippen molar-refractivity contribution in [2.24, 2.45) is 0 Å². The zero-order valence-corrected chi connectivity index (χ0v) is 17.4. The number of amides is 3. The van der Waals surface area contributed by atoms with Gasteiger partial charge in [0.25, 0.3) is 0 Å². The van der Waals surface area contributed by atoms with E-state index < -0.39 is 0 Å². The van der Waals surface area contributed by atoms with Crippen molar-refractivity contribution in [1.29, 1.82) is 0 Å². The van der Waals surface area contributed by atoms with Crippen LogP contribution in [-0.4, -0.2) is 53.2 Å². The highest BCUT2D eigenvalue weighted by atomic mass is 35.5. The van der Waals surface area contributed by atoms with Gasteiger partial charge in [0.1, 0.15) is 5.37 Å². The fourth-order valence-electron chi connectivity index (χ4n) is 2.94. The van der Waals surface area contributed by atoms with Gasteiger partial charge in [-0.1, -0.05) is 36.7 Å². The van der Waals surface area contributed by atoms with Gasteiger partial charge in [0.05, 0.1) is 5.25 Å². The number of urea groups is 1. The first-order chi connectivity index (χ1) is 12.3. The number of nitrogens with one attached hydrogen (secondary N) is 1. The van der Waals surface area contributed by atoms with Crippen LogP contribution in [0.1, 0.15) is 44.6 Å². The van der Waals surface area contributed by atoms with Crippen LogP contribution in [0, 0.1) is 0 Å². The molecule has 1 aromatic carbocycles. The highest BCUT2D eigenvalue weighted by Crippen LogP contribution is 2.46. The molecule has 1 heterocycles. The average molecular weight is 398 g/mol. The second kappa shape index (κ2) is 9.51. The third kappa shape index (κ3) is 5.07. The van der Waals surface area contributed by atoms with Crippen molar-refractivity contribution in [3.05, 3.63) is 34.9 Å². The van der Waals surface area contributed by atoms with E-state index in [0.717, 1.165) is 18.4 Å². The van der Waals surface area contributed by atoms with Crippen molar-refractivity contribution >= 4 is 35.3 Å². The lowest BCUT2D eigenvalue weighted by molar-refractivity contribution is -0.130. The molecule has 0 aromatic heterocycles. The monoisotopic (exact) mass is 397 g/mol. The molecule has 0 saturated carbocycles. The molecule has 1 N–H and O–H groups in total. The number of carbonyl (C=O) groups is 2. The van der Waals surface area contributed by atoms with E-state index in [1.807, 2.05) is 49.9 Å². The van der Waals surface area contributed by atoms with Gasteiger partial charge in [0.15, 0.2) is 0 Å². The molecule has 7 heteroatoms. The zero-order valence-electron chi connectivity index (χ0n) is 15.9. The van der Waals surface area contributed by atoms with Crippen LogP contribution in [0.25, 0.3) is 0 Å². The molecule has 0 spiro atoms. The van der Waals surface area contributed by atoms with Crippen LogP contribution < -0.4 is 5.32 Å². The molecule has 0 bridgehead atoms. The van der Waals surface area contributed by atoms with E-state index in [1.54, 1.807) is 23.7 Å². The maximum absolute atomic E-state index is 12.8. The Morgan fingerprint density at radius 2 is 2.08 bits per heavy atom. The number of hydrogen-bond donors (Lipinski definition) is 1. The summed E-state index contributed by atoms with van der Waals surface area (Å²) in [6.07, 6.45) is 1.53. The lowest BCUT2D eigenvalue weighted by Crippen LogP contribution is -2.42. The lowest BCUT2D eigenvalue weighted by atomic mass is 10.2. The van der Waals surface area contributed by atoms with E-state index >= 15 is 0 Å². The highest BCUT2D eigenvalue weighted by Gasteiger charge is 2.40. The van der Waals surface area contributed by atoms with Gasteiger partial charge in [-0.15, -0.1) is 11.8 Å². The van der Waals surface area contributed by atoms with Gasteiger partial charge >= 0.3 is 6.03 Å². The Balaban J connectivity index is 2.01. The molecule has 1 saturated heterocycles. The van der Waals surface area contributed by atoms with E-state index in [4.69, 9.17) is 11.6 Å². The summed E-state index contributed by atoms with van der Waals surface area (Å²) in [7, 11) is 1.78. The van der Waals surface area contributed by atoms with Crippen molar-refractivity contribution in [2.45, 2.75) is 50.3 Å². The van der Waals surface area contributed by atoms with E-state index in [9.17, 15) is 9.59 Å². The molecule has 3 amide bonds. The third-order valence-electron chi connectivity index (χ3n) is 4.33. The van der Waals surface area contributed by atoms with Crippen LogP contribution in [0.2, 0.25) is 5.02 Å². The Morgan fingerprint density at radius 1 is 1.38 bits per heavy atom. The summed E-state index contributed by atoms with van der Waals surface area (Å²) in [6.45, 7) is 7.11. The first-order valence-electron chi connectivity index (χ1n) is 9.07. The molecule has 5 nitrogen and oxygen atoms in total. The fraction of sp³-hybridized carbons (Fsp3) is 0.579. The summed E-state index contributed by atoms with van der Waals surface area (Å²) >= 11 is 8.04. The summed E-state index contributed by atoms with van der Waals surface area (Å²) in [5, 5.41) is 3.47. The SMILES string of the molecule is CC[C@@H]1S[C@@H](c2ccccc2Cl)N(CCCN(C)C(=O)NC(C)C)C1=O. The molecular formula is C19H28ClN3O2S. The second-order valence-electron chi connectivity index (χ2n) is 6.82. The number of rotatable bonds is 7. The van der Waals surface area contributed by atoms with Gasteiger partial charge in [-0.3, -0.25) is 4.79 Å². The summed E-state index contributed by atoms with van der Waals surface area (Å²) in [5.74, 6) is 0.164. The lowest BCUT2D eigenvalue weighted by Gasteiger charge is -2.26. The second-order valence-corrected chi connectivity index (χ2v) is 8.51. The fourth-order valence-corrected chi connectivity index (χ4v) is 4.71. The number of thioether (sulfide) groups is 1. The maximum atomic E-state index is 12.8. The molecular weight excluding hydrogens is 370 g/mol. The van der Waals surface area contributed by atoms with Gasteiger partial charge in [0, 0.05) is 36.8 Å². The Morgan fingerprint density at radius 3 is 2.69 bits per heavy atom. The molecule has 26 heavy (non-hydrogen) atoms. The Bertz CT molecular complexity index is 641. The van der Waals surface area contributed by atoms with E-state index in [1.165, 1.54) is 0 Å². The average Bonchev–Trinajstić information content (AvgIpc) is 2.90. The van der Waals surface area contributed by atoms with E-state index in [-0.39, 0.29) is 28.6 Å². The van der Waals surface area contributed by atoms with Gasteiger partial charge in [0.2, 0.25) is 5.91 Å². The van der Waals surface area contributed by atoms with Crippen molar-refractivity contribution in [3.8, 4) is 0 Å². The van der Waals surface area contributed by atoms with Gasteiger partial charge in [-0.05, 0) is 32.8 Å². The van der Waals surface area contributed by atoms with Gasteiger partial charge in [-0.2, -0.15) is 0 Å². The van der Waals surface area contributed by atoms with Crippen LogP contribution in [0.3, 0.4) is 0 Å². The summed E-state index contributed by atoms with van der Waals surface area (Å²) in [6, 6.07) is 7.72. The number of carbonyl (C=O) groups excluding carboxylic acids is 2. The Kier molecular flexibility index (Phi) is 7.65. The van der Waals surface area contributed by atoms with Crippen LogP contribution in [0.5, 0.6) is 0 Å². The number of nitrogens with zero attached hydrogens (tertiary/aromatic N) is 2. The first kappa shape index (κ1) is 20.9. The summed E-state index contributed by atoms with van der Waals surface area (Å²) in [4.78, 5) is 28.3. The van der Waals surface area contributed by atoms with Crippen molar-refractivity contribution in [1.82, 2.24) is 15.1 Å². The van der Waals surface area contributed by atoms with Crippen molar-refractivity contribution in [3.63, 3.8) is 0 Å². The zero-order chi connectivity index (χ0) is 19.3. The molecule has 144 valence electrons. The highest BCUT2D eigenvalue weighted by molar-refractivity contribution is 8.01. The smallest absolute Gasteiger partial charge is 0.317 e. The Hall–Kier alpha value is -1.40. The molecule has 2 atom stereocenters. The predicted octanol–water partition coefficient (Wildman–Crippen LogP) is 4.13. The molecule has 1 aromatic rings. The number of halogens is 1. The molecule has 0 unspecified atom stereocenters. The largest absolute Gasteiger partial charge is 0.336 e. The summed E-state index contributed by atoms with van der Waals surface area (Å²) < 4.78 is 0. The van der Waals surface area contributed by atoms with Crippen LogP contribution in [-0.2, 0) is 4.79 Å². The van der Waals surface area contributed by atoms with E-state index in [2.05, 4.69) is 5.32 Å². The third-order valence-corrected chi connectivity index (χ3v) is 6.30.